The van der Waals surface area contributed by atoms with Crippen molar-refractivity contribution in [3.8, 4) is 0 Å². The van der Waals surface area contributed by atoms with Crippen molar-refractivity contribution in [2.75, 3.05) is 6.61 Å². The van der Waals surface area contributed by atoms with Crippen LogP contribution in [0.5, 0.6) is 0 Å². The second kappa shape index (κ2) is 6.64. The zero-order valence-electron chi connectivity index (χ0n) is 12.5. The van der Waals surface area contributed by atoms with E-state index in [4.69, 9.17) is 4.74 Å². The molecule has 1 aromatic heterocycles. The van der Waals surface area contributed by atoms with Gasteiger partial charge in [-0.25, -0.2) is 8.78 Å². The molecule has 0 aliphatic heterocycles. The van der Waals surface area contributed by atoms with E-state index in [-0.39, 0.29) is 18.6 Å². The molecule has 0 saturated carbocycles. The first-order chi connectivity index (χ1) is 10.5. The highest BCUT2D eigenvalue weighted by Crippen LogP contribution is 2.31. The molecular weight excluding hydrogens is 288 g/mol. The molecule has 2 aromatic rings. The fourth-order valence-electron chi connectivity index (χ4n) is 2.36. The molecule has 22 heavy (non-hydrogen) atoms. The number of aromatic nitrogens is 1. The fraction of sp³-hybridized carbons (Fsp3) is 0.294. The monoisotopic (exact) mass is 305 g/mol. The summed E-state index contributed by atoms with van der Waals surface area (Å²) in [7, 11) is 0. The molecule has 0 radical (unpaired) electrons. The van der Waals surface area contributed by atoms with E-state index < -0.39 is 23.0 Å². The molecule has 0 N–H and O–H groups in total. The Morgan fingerprint density at radius 1 is 1.18 bits per heavy atom. The number of nitrogens with zero attached hydrogens (tertiary/aromatic N) is 1. The summed E-state index contributed by atoms with van der Waals surface area (Å²) < 4.78 is 32.2. The number of ether oxygens (including phenoxy) is 1. The van der Waals surface area contributed by atoms with Crippen LogP contribution in [0.25, 0.3) is 0 Å². The summed E-state index contributed by atoms with van der Waals surface area (Å²) in [6.07, 6.45) is 3.47. The Labute approximate surface area is 128 Å². The van der Waals surface area contributed by atoms with Crippen LogP contribution in [0.4, 0.5) is 8.78 Å². The molecule has 1 aromatic carbocycles. The first kappa shape index (κ1) is 16.1. The standard InChI is InChI=1S/C17H17F2NO2/c1-3-22-16(21)17(2,11-12-4-6-20-7-5-12)13-8-14(18)10-15(19)9-13/h4-10H,3,11H2,1-2H3. The Morgan fingerprint density at radius 2 is 1.77 bits per heavy atom. The van der Waals surface area contributed by atoms with E-state index in [0.717, 1.165) is 11.6 Å². The highest BCUT2D eigenvalue weighted by atomic mass is 19.1. The molecule has 0 amide bonds. The Hall–Kier alpha value is -2.30. The number of carbonyl (C=O) groups excluding carboxylic acids is 1. The van der Waals surface area contributed by atoms with Crippen molar-refractivity contribution in [3.63, 3.8) is 0 Å². The van der Waals surface area contributed by atoms with Gasteiger partial charge in [-0.05, 0) is 55.7 Å². The highest BCUT2D eigenvalue weighted by molar-refractivity contribution is 5.83. The number of hydrogen-bond donors (Lipinski definition) is 0. The second-order valence-electron chi connectivity index (χ2n) is 5.24. The van der Waals surface area contributed by atoms with Crippen LogP contribution < -0.4 is 0 Å². The van der Waals surface area contributed by atoms with E-state index in [2.05, 4.69) is 4.98 Å². The van der Waals surface area contributed by atoms with Gasteiger partial charge in [0.15, 0.2) is 0 Å². The third-order valence-electron chi connectivity index (χ3n) is 3.53. The summed E-state index contributed by atoms with van der Waals surface area (Å²) in [6.45, 7) is 3.51. The van der Waals surface area contributed by atoms with E-state index >= 15 is 0 Å². The lowest BCUT2D eigenvalue weighted by molar-refractivity contribution is -0.149. The summed E-state index contributed by atoms with van der Waals surface area (Å²) in [5, 5.41) is 0. The minimum Gasteiger partial charge on any atom is -0.465 e. The quantitative estimate of drug-likeness (QED) is 0.795. The lowest BCUT2D eigenvalue weighted by Gasteiger charge is -2.28. The van der Waals surface area contributed by atoms with Gasteiger partial charge in [-0.15, -0.1) is 0 Å². The van der Waals surface area contributed by atoms with Gasteiger partial charge in [0, 0.05) is 18.5 Å². The van der Waals surface area contributed by atoms with Crippen molar-refractivity contribution in [2.24, 2.45) is 0 Å². The largest absolute Gasteiger partial charge is 0.465 e. The van der Waals surface area contributed by atoms with Crippen LogP contribution in [0, 0.1) is 11.6 Å². The number of pyridine rings is 1. The number of benzene rings is 1. The smallest absolute Gasteiger partial charge is 0.316 e. The van der Waals surface area contributed by atoms with Crippen LogP contribution >= 0.6 is 0 Å². The molecule has 1 unspecified atom stereocenters. The van der Waals surface area contributed by atoms with Gasteiger partial charge in [0.1, 0.15) is 11.6 Å². The molecule has 2 rings (SSSR count). The minimum absolute atomic E-state index is 0.197. The number of carbonyl (C=O) groups is 1. The molecule has 0 fully saturated rings. The van der Waals surface area contributed by atoms with Crippen LogP contribution in [-0.4, -0.2) is 17.6 Å². The van der Waals surface area contributed by atoms with Gasteiger partial charge in [0.25, 0.3) is 0 Å². The Morgan fingerprint density at radius 3 is 2.32 bits per heavy atom. The second-order valence-corrected chi connectivity index (χ2v) is 5.24. The van der Waals surface area contributed by atoms with Crippen molar-refractivity contribution in [1.29, 1.82) is 0 Å². The normalized spacial score (nSPS) is 13.5. The number of rotatable bonds is 5. The van der Waals surface area contributed by atoms with Crippen molar-refractivity contribution in [1.82, 2.24) is 4.98 Å². The Bertz CT molecular complexity index is 641. The van der Waals surface area contributed by atoms with E-state index in [1.165, 1.54) is 12.1 Å². The van der Waals surface area contributed by atoms with Crippen molar-refractivity contribution >= 4 is 5.97 Å². The molecule has 1 heterocycles. The van der Waals surface area contributed by atoms with Crippen molar-refractivity contribution in [2.45, 2.75) is 25.7 Å². The van der Waals surface area contributed by atoms with Crippen LogP contribution in [0.15, 0.2) is 42.7 Å². The summed E-state index contributed by atoms with van der Waals surface area (Å²) >= 11 is 0. The molecule has 0 aliphatic rings. The predicted octanol–water partition coefficient (Wildman–Crippen LogP) is 3.42. The van der Waals surface area contributed by atoms with Crippen LogP contribution in [0.2, 0.25) is 0 Å². The van der Waals surface area contributed by atoms with E-state index in [1.54, 1.807) is 38.4 Å². The first-order valence-corrected chi connectivity index (χ1v) is 6.98. The zero-order chi connectivity index (χ0) is 16.2. The molecule has 0 bridgehead atoms. The Balaban J connectivity index is 2.47. The highest BCUT2D eigenvalue weighted by Gasteiger charge is 2.37. The summed E-state index contributed by atoms with van der Waals surface area (Å²) in [5.74, 6) is -1.96. The molecule has 1 atom stereocenters. The molecule has 0 spiro atoms. The topological polar surface area (TPSA) is 39.2 Å². The lowest BCUT2D eigenvalue weighted by atomic mass is 9.77. The minimum atomic E-state index is -1.18. The zero-order valence-corrected chi connectivity index (χ0v) is 12.5. The third-order valence-corrected chi connectivity index (χ3v) is 3.53. The van der Waals surface area contributed by atoms with Crippen molar-refractivity contribution < 1.29 is 18.3 Å². The molecular formula is C17H17F2NO2. The van der Waals surface area contributed by atoms with Gasteiger partial charge in [0.05, 0.1) is 12.0 Å². The number of hydrogen-bond acceptors (Lipinski definition) is 3. The number of esters is 1. The molecule has 116 valence electrons. The molecule has 3 nitrogen and oxygen atoms in total. The lowest BCUT2D eigenvalue weighted by Crippen LogP contribution is -2.37. The SMILES string of the molecule is CCOC(=O)C(C)(Cc1ccncc1)c1cc(F)cc(F)c1. The van der Waals surface area contributed by atoms with E-state index in [1.807, 2.05) is 0 Å². The molecule has 0 aliphatic carbocycles. The molecule has 5 heteroatoms. The summed E-state index contributed by atoms with van der Waals surface area (Å²) in [4.78, 5) is 16.3. The first-order valence-electron chi connectivity index (χ1n) is 6.98. The average Bonchev–Trinajstić information content (AvgIpc) is 2.47. The molecule has 0 saturated heterocycles. The summed E-state index contributed by atoms with van der Waals surface area (Å²) in [5.41, 5.74) is -0.101. The summed E-state index contributed by atoms with van der Waals surface area (Å²) in [6, 6.07) is 6.63. The van der Waals surface area contributed by atoms with Crippen LogP contribution in [0.1, 0.15) is 25.0 Å². The maximum atomic E-state index is 13.5. The van der Waals surface area contributed by atoms with Gasteiger partial charge in [-0.1, -0.05) is 0 Å². The van der Waals surface area contributed by atoms with Crippen LogP contribution in [0.3, 0.4) is 0 Å². The van der Waals surface area contributed by atoms with Gasteiger partial charge in [-0.3, -0.25) is 9.78 Å². The predicted molar refractivity (Wildman–Crippen MR) is 78.3 cm³/mol. The van der Waals surface area contributed by atoms with Gasteiger partial charge >= 0.3 is 5.97 Å². The maximum absolute atomic E-state index is 13.5. The number of halogens is 2. The van der Waals surface area contributed by atoms with Gasteiger partial charge in [-0.2, -0.15) is 0 Å². The van der Waals surface area contributed by atoms with Crippen LogP contribution in [-0.2, 0) is 21.4 Å². The maximum Gasteiger partial charge on any atom is 0.316 e. The van der Waals surface area contributed by atoms with Gasteiger partial charge < -0.3 is 4.74 Å². The third kappa shape index (κ3) is 3.47. The van der Waals surface area contributed by atoms with E-state index in [0.29, 0.717) is 0 Å². The van der Waals surface area contributed by atoms with Gasteiger partial charge in [0.2, 0.25) is 0 Å². The van der Waals surface area contributed by atoms with Crippen molar-refractivity contribution in [3.05, 3.63) is 65.5 Å². The Kier molecular flexibility index (Phi) is 4.85. The average molecular weight is 305 g/mol. The fourth-order valence-corrected chi connectivity index (χ4v) is 2.36. The van der Waals surface area contributed by atoms with E-state index in [9.17, 15) is 13.6 Å².